The summed E-state index contributed by atoms with van der Waals surface area (Å²) >= 11 is 0. The van der Waals surface area contributed by atoms with Crippen molar-refractivity contribution in [2.24, 2.45) is 12.0 Å². The smallest absolute Gasteiger partial charge is 0.194 e. The fraction of sp³-hybridized carbons (Fsp3) is 0.353. The highest BCUT2D eigenvalue weighted by molar-refractivity contribution is 14.0. The molecule has 138 valence electrons. The highest BCUT2D eigenvalue weighted by Crippen LogP contribution is 2.10. The van der Waals surface area contributed by atoms with Crippen molar-refractivity contribution in [2.45, 2.75) is 18.0 Å². The first-order valence-electron chi connectivity index (χ1n) is 7.62. The minimum atomic E-state index is -3.16. The van der Waals surface area contributed by atoms with E-state index in [0.717, 1.165) is 18.1 Å². The number of halogens is 1. The van der Waals surface area contributed by atoms with Crippen LogP contribution in [-0.4, -0.2) is 44.2 Å². The van der Waals surface area contributed by atoms with Gasteiger partial charge >= 0.3 is 0 Å². The number of benzene rings is 1. The Hall–Kier alpha value is -1.55. The van der Waals surface area contributed by atoms with E-state index in [1.807, 2.05) is 43.4 Å². The third-order valence-corrected chi connectivity index (χ3v) is 4.95. The molecule has 0 aliphatic rings. The van der Waals surface area contributed by atoms with Crippen LogP contribution < -0.4 is 5.32 Å². The summed E-state index contributed by atoms with van der Waals surface area (Å²) < 4.78 is 25.0. The first-order chi connectivity index (χ1) is 11.3. The third kappa shape index (κ3) is 6.03. The van der Waals surface area contributed by atoms with Gasteiger partial charge in [0, 0.05) is 45.8 Å². The second-order valence-electron chi connectivity index (χ2n) is 5.78. The van der Waals surface area contributed by atoms with Gasteiger partial charge in [0.1, 0.15) is 0 Å². The summed E-state index contributed by atoms with van der Waals surface area (Å²) in [5.74, 6) is 0.781. The van der Waals surface area contributed by atoms with Crippen LogP contribution in [0.3, 0.4) is 0 Å². The number of rotatable bonds is 5. The van der Waals surface area contributed by atoms with Crippen LogP contribution in [0.2, 0.25) is 0 Å². The van der Waals surface area contributed by atoms with E-state index >= 15 is 0 Å². The fourth-order valence-electron chi connectivity index (χ4n) is 2.40. The average molecular weight is 476 g/mol. The molecule has 0 atom stereocenters. The Kier molecular flexibility index (Phi) is 7.94. The average Bonchev–Trinajstić information content (AvgIpc) is 2.92. The van der Waals surface area contributed by atoms with Crippen molar-refractivity contribution in [1.29, 1.82) is 0 Å². The van der Waals surface area contributed by atoms with E-state index in [-0.39, 0.29) is 24.0 Å². The second kappa shape index (κ2) is 9.23. The summed E-state index contributed by atoms with van der Waals surface area (Å²) in [6.07, 6.45) is 3.23. The standard InChI is InChI=1S/C17H24N4O2S.HI/c1-18-17(21(3)13-15-6-5-11-20(15)2)19-12-14-7-9-16(10-8-14)24(4,22)23;/h5-11H,12-13H2,1-4H3,(H,18,19);1H. The normalized spacial score (nSPS) is 11.8. The molecule has 0 saturated carbocycles. The fourth-order valence-corrected chi connectivity index (χ4v) is 3.03. The van der Waals surface area contributed by atoms with Gasteiger partial charge in [-0.25, -0.2) is 8.42 Å². The summed E-state index contributed by atoms with van der Waals surface area (Å²) in [6.45, 7) is 1.32. The minimum Gasteiger partial charge on any atom is -0.353 e. The van der Waals surface area contributed by atoms with Crippen LogP contribution >= 0.6 is 24.0 Å². The first-order valence-corrected chi connectivity index (χ1v) is 9.51. The van der Waals surface area contributed by atoms with Gasteiger partial charge in [0.15, 0.2) is 15.8 Å². The van der Waals surface area contributed by atoms with Crippen molar-refractivity contribution in [3.05, 3.63) is 53.9 Å². The molecule has 1 N–H and O–H groups in total. The summed E-state index contributed by atoms with van der Waals surface area (Å²) in [7, 11) is 2.59. The van der Waals surface area contributed by atoms with E-state index in [0.29, 0.717) is 11.4 Å². The highest BCUT2D eigenvalue weighted by atomic mass is 127. The van der Waals surface area contributed by atoms with E-state index in [9.17, 15) is 8.42 Å². The van der Waals surface area contributed by atoms with Gasteiger partial charge in [0.05, 0.1) is 11.4 Å². The number of sulfone groups is 1. The lowest BCUT2D eigenvalue weighted by Crippen LogP contribution is -2.38. The predicted octanol–water partition coefficient (Wildman–Crippen LogP) is 2.25. The van der Waals surface area contributed by atoms with E-state index in [4.69, 9.17) is 0 Å². The minimum absolute atomic E-state index is 0. The zero-order valence-electron chi connectivity index (χ0n) is 14.9. The van der Waals surface area contributed by atoms with Gasteiger partial charge in [-0.1, -0.05) is 12.1 Å². The van der Waals surface area contributed by atoms with Crippen LogP contribution in [0.1, 0.15) is 11.3 Å². The molecule has 0 bridgehead atoms. The summed E-state index contributed by atoms with van der Waals surface area (Å²) in [5.41, 5.74) is 2.19. The number of nitrogens with zero attached hydrogens (tertiary/aromatic N) is 3. The van der Waals surface area contributed by atoms with Crippen LogP contribution in [0, 0.1) is 0 Å². The van der Waals surface area contributed by atoms with Crippen molar-refractivity contribution in [2.75, 3.05) is 20.4 Å². The molecule has 0 unspecified atom stereocenters. The van der Waals surface area contributed by atoms with Crippen LogP contribution in [0.25, 0.3) is 0 Å². The molecular formula is C17H25IN4O2S. The van der Waals surface area contributed by atoms with Crippen LogP contribution in [-0.2, 0) is 30.0 Å². The lowest BCUT2D eigenvalue weighted by atomic mass is 10.2. The maximum absolute atomic E-state index is 11.5. The Morgan fingerprint density at radius 1 is 1.24 bits per heavy atom. The Morgan fingerprint density at radius 3 is 2.36 bits per heavy atom. The molecule has 6 nitrogen and oxygen atoms in total. The topological polar surface area (TPSA) is 66.7 Å². The molecule has 0 spiro atoms. The Morgan fingerprint density at radius 2 is 1.88 bits per heavy atom. The zero-order chi connectivity index (χ0) is 17.7. The first kappa shape index (κ1) is 21.5. The van der Waals surface area contributed by atoms with Gasteiger partial charge in [-0.2, -0.15) is 0 Å². The van der Waals surface area contributed by atoms with E-state index < -0.39 is 9.84 Å². The monoisotopic (exact) mass is 476 g/mol. The molecule has 2 rings (SSSR count). The lowest BCUT2D eigenvalue weighted by molar-refractivity contribution is 0.461. The van der Waals surface area contributed by atoms with Crippen LogP contribution in [0.5, 0.6) is 0 Å². The molecule has 0 aliphatic heterocycles. The van der Waals surface area contributed by atoms with Crippen LogP contribution in [0.4, 0.5) is 0 Å². The summed E-state index contributed by atoms with van der Waals surface area (Å²) in [4.78, 5) is 6.67. The van der Waals surface area contributed by atoms with E-state index in [2.05, 4.69) is 20.9 Å². The van der Waals surface area contributed by atoms with Gasteiger partial charge in [0.2, 0.25) is 0 Å². The molecule has 0 amide bonds. The molecule has 1 aromatic carbocycles. The van der Waals surface area contributed by atoms with Crippen molar-refractivity contribution >= 4 is 39.8 Å². The van der Waals surface area contributed by atoms with Crippen molar-refractivity contribution in [3.8, 4) is 0 Å². The SMILES string of the molecule is CN=C(NCc1ccc(S(C)(=O)=O)cc1)N(C)Cc1cccn1C.I. The second-order valence-corrected chi connectivity index (χ2v) is 7.80. The quantitative estimate of drug-likeness (QED) is 0.409. The molecular weight excluding hydrogens is 451 g/mol. The van der Waals surface area contributed by atoms with Crippen molar-refractivity contribution < 1.29 is 8.42 Å². The lowest BCUT2D eigenvalue weighted by Gasteiger charge is -2.22. The molecule has 25 heavy (non-hydrogen) atoms. The number of guanidine groups is 1. The molecule has 0 aliphatic carbocycles. The third-order valence-electron chi connectivity index (χ3n) is 3.83. The Balaban J connectivity index is 0.00000312. The number of hydrogen-bond acceptors (Lipinski definition) is 3. The maximum Gasteiger partial charge on any atom is 0.194 e. The number of hydrogen-bond donors (Lipinski definition) is 1. The number of aromatic nitrogens is 1. The maximum atomic E-state index is 11.5. The predicted molar refractivity (Wildman–Crippen MR) is 112 cm³/mol. The Bertz CT molecular complexity index is 813. The zero-order valence-corrected chi connectivity index (χ0v) is 18.1. The molecule has 1 heterocycles. The van der Waals surface area contributed by atoms with Gasteiger partial charge in [-0.15, -0.1) is 24.0 Å². The van der Waals surface area contributed by atoms with Crippen molar-refractivity contribution in [1.82, 2.24) is 14.8 Å². The van der Waals surface area contributed by atoms with Gasteiger partial charge in [0.25, 0.3) is 0 Å². The summed E-state index contributed by atoms with van der Waals surface area (Å²) in [5, 5.41) is 3.29. The van der Waals surface area contributed by atoms with Gasteiger partial charge < -0.3 is 14.8 Å². The van der Waals surface area contributed by atoms with Gasteiger partial charge in [-0.05, 0) is 29.8 Å². The number of nitrogens with one attached hydrogen (secondary N) is 1. The number of aliphatic imine (C=N–C) groups is 1. The molecule has 2 aromatic rings. The van der Waals surface area contributed by atoms with Crippen molar-refractivity contribution in [3.63, 3.8) is 0 Å². The number of aryl methyl sites for hydroxylation is 1. The molecule has 8 heteroatoms. The Labute approximate surface area is 166 Å². The molecule has 1 aromatic heterocycles. The van der Waals surface area contributed by atoms with E-state index in [1.165, 1.54) is 11.9 Å². The van der Waals surface area contributed by atoms with Gasteiger partial charge in [-0.3, -0.25) is 4.99 Å². The summed E-state index contributed by atoms with van der Waals surface area (Å²) in [6, 6.07) is 11.0. The largest absolute Gasteiger partial charge is 0.353 e. The molecule has 0 radical (unpaired) electrons. The van der Waals surface area contributed by atoms with Crippen LogP contribution in [0.15, 0.2) is 52.5 Å². The van der Waals surface area contributed by atoms with E-state index in [1.54, 1.807) is 19.2 Å². The molecule has 0 saturated heterocycles. The highest BCUT2D eigenvalue weighted by Gasteiger charge is 2.09. The molecule has 0 fully saturated rings.